The third-order valence-corrected chi connectivity index (χ3v) is 2.13. The van der Waals surface area contributed by atoms with E-state index in [4.69, 9.17) is 20.5 Å². The van der Waals surface area contributed by atoms with Crippen LogP contribution in [0.5, 0.6) is 5.75 Å². The number of nitrogens with two attached hydrogens (primary N) is 1. The molecule has 96 valence electrons. The van der Waals surface area contributed by atoms with Crippen molar-refractivity contribution >= 4 is 24.3 Å². The van der Waals surface area contributed by atoms with Crippen LogP contribution in [0.2, 0.25) is 0 Å². The van der Waals surface area contributed by atoms with Crippen molar-refractivity contribution in [2.24, 2.45) is 5.73 Å². The summed E-state index contributed by atoms with van der Waals surface area (Å²) in [5, 5.41) is 18.2. The van der Waals surface area contributed by atoms with Gasteiger partial charge in [-0.2, -0.15) is 0 Å². The molecule has 0 saturated carbocycles. The van der Waals surface area contributed by atoms with E-state index in [0.29, 0.717) is 0 Å². The van der Waals surface area contributed by atoms with Crippen LogP contribution in [0.4, 0.5) is 4.39 Å². The first-order valence-corrected chi connectivity index (χ1v) is 4.94. The maximum atomic E-state index is 13.5. The first-order chi connectivity index (χ1) is 8.32. The summed E-state index contributed by atoms with van der Waals surface area (Å²) in [6.07, 6.45) is 0. The van der Waals surface area contributed by atoms with Gasteiger partial charge in [0, 0.05) is 5.56 Å². The predicted molar refractivity (Wildman–Crippen MR) is 60.9 cm³/mol. The van der Waals surface area contributed by atoms with Gasteiger partial charge in [0.05, 0.1) is 0 Å². The lowest BCUT2D eigenvalue weighted by Gasteiger charge is -2.11. The molecule has 0 fully saturated rings. The molecule has 1 aromatic rings. The molecule has 18 heavy (non-hydrogen) atoms. The average Bonchev–Trinajstić information content (AvgIpc) is 2.26. The van der Waals surface area contributed by atoms with Crippen molar-refractivity contribution in [1.82, 2.24) is 0 Å². The predicted octanol–water partition coefficient (Wildman–Crippen LogP) is -1.43. The molecular weight excluding hydrogens is 244 g/mol. The van der Waals surface area contributed by atoms with Crippen LogP contribution in [0.1, 0.15) is 17.3 Å². The normalized spacial score (nSPS) is 10.0. The van der Waals surface area contributed by atoms with E-state index in [1.54, 1.807) is 0 Å². The van der Waals surface area contributed by atoms with Crippen molar-refractivity contribution in [2.75, 3.05) is 6.61 Å². The van der Waals surface area contributed by atoms with E-state index >= 15 is 0 Å². The largest absolute Gasteiger partial charge is 0.489 e. The second kappa shape index (κ2) is 5.61. The maximum Gasteiger partial charge on any atom is 0.489 e. The Balaban J connectivity index is 3.18. The minimum absolute atomic E-state index is 0.172. The summed E-state index contributed by atoms with van der Waals surface area (Å²) < 4.78 is 18.3. The lowest BCUT2D eigenvalue weighted by atomic mass is 9.76. The van der Waals surface area contributed by atoms with E-state index in [2.05, 4.69) is 0 Å². The van der Waals surface area contributed by atoms with Crippen molar-refractivity contribution in [1.29, 1.82) is 0 Å². The van der Waals surface area contributed by atoms with Crippen LogP contribution in [0.25, 0.3) is 0 Å². The van der Waals surface area contributed by atoms with Gasteiger partial charge in [0.15, 0.2) is 24.0 Å². The Morgan fingerprint density at radius 1 is 1.44 bits per heavy atom. The van der Waals surface area contributed by atoms with Gasteiger partial charge in [-0.15, -0.1) is 0 Å². The zero-order chi connectivity index (χ0) is 13.9. The number of benzene rings is 1. The van der Waals surface area contributed by atoms with Crippen molar-refractivity contribution in [3.8, 4) is 5.75 Å². The van der Waals surface area contributed by atoms with Gasteiger partial charge in [0.25, 0.3) is 5.91 Å². The van der Waals surface area contributed by atoms with Crippen LogP contribution < -0.4 is 15.9 Å². The Bertz CT molecular complexity index is 491. The fourth-order valence-electron chi connectivity index (χ4n) is 1.35. The number of primary amides is 1. The fraction of sp³-hybridized carbons (Fsp3) is 0.200. The molecule has 0 aliphatic carbocycles. The van der Waals surface area contributed by atoms with Crippen LogP contribution in [-0.4, -0.2) is 35.5 Å². The van der Waals surface area contributed by atoms with Crippen LogP contribution in [0.3, 0.4) is 0 Å². The smallest absolute Gasteiger partial charge is 0.481 e. The summed E-state index contributed by atoms with van der Waals surface area (Å²) in [5.74, 6) is -2.62. The summed E-state index contributed by atoms with van der Waals surface area (Å²) >= 11 is 0. The van der Waals surface area contributed by atoms with E-state index in [9.17, 15) is 14.0 Å². The van der Waals surface area contributed by atoms with Gasteiger partial charge in [-0.05, 0) is 24.5 Å². The molecule has 0 heterocycles. The Morgan fingerprint density at radius 2 is 2.06 bits per heavy atom. The molecule has 8 heteroatoms. The molecule has 0 aromatic heterocycles. The van der Waals surface area contributed by atoms with Crippen molar-refractivity contribution in [3.63, 3.8) is 0 Å². The monoisotopic (exact) mass is 255 g/mol. The first-order valence-electron chi connectivity index (χ1n) is 4.94. The van der Waals surface area contributed by atoms with Crippen LogP contribution in [0, 0.1) is 5.82 Å². The molecule has 0 aliphatic rings. The van der Waals surface area contributed by atoms with Crippen LogP contribution >= 0.6 is 0 Å². The van der Waals surface area contributed by atoms with Gasteiger partial charge in [-0.1, -0.05) is 0 Å². The van der Waals surface area contributed by atoms with E-state index in [-0.39, 0.29) is 16.8 Å². The number of ketones is 1. The second-order valence-electron chi connectivity index (χ2n) is 3.55. The van der Waals surface area contributed by atoms with E-state index in [0.717, 1.165) is 19.1 Å². The highest BCUT2D eigenvalue weighted by atomic mass is 19.1. The van der Waals surface area contributed by atoms with Crippen LogP contribution in [0.15, 0.2) is 12.1 Å². The lowest BCUT2D eigenvalue weighted by molar-refractivity contribution is -0.120. The maximum absolute atomic E-state index is 13.5. The molecule has 1 amide bonds. The minimum atomic E-state index is -1.96. The quantitative estimate of drug-likeness (QED) is 0.441. The Morgan fingerprint density at radius 3 is 2.50 bits per heavy atom. The van der Waals surface area contributed by atoms with Crippen molar-refractivity contribution in [3.05, 3.63) is 23.5 Å². The summed E-state index contributed by atoms with van der Waals surface area (Å²) in [4.78, 5) is 21.7. The molecular formula is C10H11BFNO5. The number of carbonyl (C=O) groups is 2. The lowest BCUT2D eigenvalue weighted by Crippen LogP contribution is -2.35. The topological polar surface area (TPSA) is 110 Å². The van der Waals surface area contributed by atoms with Gasteiger partial charge < -0.3 is 20.5 Å². The number of ether oxygens (including phenoxy) is 1. The first kappa shape index (κ1) is 14.1. The van der Waals surface area contributed by atoms with Crippen molar-refractivity contribution < 1.29 is 28.8 Å². The highest BCUT2D eigenvalue weighted by Crippen LogP contribution is 2.17. The minimum Gasteiger partial charge on any atom is -0.481 e. The number of amides is 1. The van der Waals surface area contributed by atoms with Gasteiger partial charge >= 0.3 is 7.12 Å². The van der Waals surface area contributed by atoms with Gasteiger partial charge in [0.1, 0.15) is 0 Å². The standard InChI is InChI=1S/C10H11BFNO5/c1-5(14)6-2-8(12)9(18-4-10(13)15)3-7(6)11(16)17/h2-3,16-17H,4H2,1H3,(H2,13,15). The summed E-state index contributed by atoms with van der Waals surface area (Å²) in [7, 11) is -1.96. The Labute approximate surface area is 102 Å². The highest BCUT2D eigenvalue weighted by molar-refractivity contribution is 6.60. The SMILES string of the molecule is CC(=O)c1cc(F)c(OCC(N)=O)cc1B(O)O. The molecule has 0 bridgehead atoms. The summed E-state index contributed by atoms with van der Waals surface area (Å²) in [6.45, 7) is 0.599. The highest BCUT2D eigenvalue weighted by Gasteiger charge is 2.22. The summed E-state index contributed by atoms with van der Waals surface area (Å²) in [6, 6.07) is 1.76. The third kappa shape index (κ3) is 3.28. The molecule has 1 aromatic carbocycles. The average molecular weight is 255 g/mol. The Hall–Kier alpha value is -1.93. The number of hydrogen-bond acceptors (Lipinski definition) is 5. The zero-order valence-electron chi connectivity index (χ0n) is 9.51. The fourth-order valence-corrected chi connectivity index (χ4v) is 1.35. The molecule has 4 N–H and O–H groups in total. The van der Waals surface area contributed by atoms with E-state index < -0.39 is 31.2 Å². The number of carbonyl (C=O) groups excluding carboxylic acids is 2. The van der Waals surface area contributed by atoms with E-state index in [1.807, 2.05) is 0 Å². The van der Waals surface area contributed by atoms with E-state index in [1.165, 1.54) is 0 Å². The van der Waals surface area contributed by atoms with Gasteiger partial charge in [0.2, 0.25) is 0 Å². The number of halogens is 1. The molecule has 0 atom stereocenters. The molecule has 1 rings (SSSR count). The number of Topliss-reactive ketones (excluding diaryl/α,β-unsaturated/α-hetero) is 1. The van der Waals surface area contributed by atoms with Crippen LogP contribution in [-0.2, 0) is 4.79 Å². The molecule has 0 radical (unpaired) electrons. The van der Waals surface area contributed by atoms with Gasteiger partial charge in [-0.25, -0.2) is 4.39 Å². The molecule has 6 nitrogen and oxygen atoms in total. The third-order valence-electron chi connectivity index (χ3n) is 2.13. The number of rotatable bonds is 5. The Kier molecular flexibility index (Phi) is 4.41. The molecule has 0 spiro atoms. The molecule has 0 unspecified atom stereocenters. The molecule has 0 aliphatic heterocycles. The zero-order valence-corrected chi connectivity index (χ0v) is 9.51. The number of hydrogen-bond donors (Lipinski definition) is 3. The summed E-state index contributed by atoms with van der Waals surface area (Å²) in [5.41, 5.74) is 4.45. The second-order valence-corrected chi connectivity index (χ2v) is 3.55. The van der Waals surface area contributed by atoms with Gasteiger partial charge in [-0.3, -0.25) is 9.59 Å². The molecule has 0 saturated heterocycles. The van der Waals surface area contributed by atoms with Crippen molar-refractivity contribution in [2.45, 2.75) is 6.92 Å².